The number of nitrogens with one attached hydrogen (secondary N) is 2. The molecule has 0 bridgehead atoms. The number of nitrogens with zero attached hydrogens (tertiary/aromatic N) is 2. The highest BCUT2D eigenvalue weighted by Crippen LogP contribution is 2.31. The summed E-state index contributed by atoms with van der Waals surface area (Å²) in [5.41, 5.74) is 11.6. The van der Waals surface area contributed by atoms with Crippen molar-refractivity contribution in [2.45, 2.75) is 13.8 Å². The highest BCUT2D eigenvalue weighted by atomic mass is 15.0. The van der Waals surface area contributed by atoms with Crippen molar-refractivity contribution < 1.29 is 0 Å². The van der Waals surface area contributed by atoms with E-state index < -0.39 is 0 Å². The molecule has 0 fully saturated rings. The monoisotopic (exact) mass is 341 g/mol. The van der Waals surface area contributed by atoms with Crippen molar-refractivity contribution in [1.29, 1.82) is 5.41 Å². The molecule has 26 heavy (non-hydrogen) atoms. The Morgan fingerprint density at radius 3 is 2.46 bits per heavy atom. The number of rotatable bonds is 1. The molecular formula is C21H19N5. The Labute approximate surface area is 150 Å². The van der Waals surface area contributed by atoms with Crippen LogP contribution in [0.1, 0.15) is 11.1 Å². The van der Waals surface area contributed by atoms with Crippen LogP contribution < -0.4 is 11.1 Å². The zero-order valence-electron chi connectivity index (χ0n) is 14.7. The lowest BCUT2D eigenvalue weighted by Crippen LogP contribution is -2.13. The second-order valence-electron chi connectivity index (χ2n) is 6.36. The normalized spacial score (nSPS) is 12.0. The van der Waals surface area contributed by atoms with Gasteiger partial charge in [0.15, 0.2) is 0 Å². The van der Waals surface area contributed by atoms with Gasteiger partial charge < -0.3 is 10.7 Å². The number of nitrogens with two attached hydrogens (primary N) is 1. The van der Waals surface area contributed by atoms with Crippen LogP contribution in [0.2, 0.25) is 0 Å². The molecule has 4 aromatic rings. The van der Waals surface area contributed by atoms with E-state index in [1.54, 1.807) is 0 Å². The van der Waals surface area contributed by atoms with E-state index in [1.807, 2.05) is 36.5 Å². The van der Waals surface area contributed by atoms with Crippen LogP contribution in [-0.2, 0) is 0 Å². The van der Waals surface area contributed by atoms with Crippen LogP contribution in [0.5, 0.6) is 0 Å². The van der Waals surface area contributed by atoms with Crippen molar-refractivity contribution in [3.63, 3.8) is 0 Å². The molecule has 0 saturated carbocycles. The highest BCUT2D eigenvalue weighted by Gasteiger charge is 2.14. The van der Waals surface area contributed by atoms with Crippen LogP contribution in [0, 0.1) is 19.3 Å². The number of aryl methyl sites for hydroxylation is 2. The molecule has 4 rings (SSSR count). The largest absolute Gasteiger partial charge is 0.368 e. The van der Waals surface area contributed by atoms with Crippen LogP contribution >= 0.6 is 0 Å². The number of hydrogen-bond acceptors (Lipinski definition) is 2. The van der Waals surface area contributed by atoms with E-state index in [2.05, 4.69) is 42.0 Å². The third kappa shape index (κ3) is 2.54. The summed E-state index contributed by atoms with van der Waals surface area (Å²) in [7, 11) is 0. The quantitative estimate of drug-likeness (QED) is 0.363. The highest BCUT2D eigenvalue weighted by molar-refractivity contribution is 5.99. The molecule has 4 N–H and O–H groups in total. The topological polar surface area (TPSA) is 90.9 Å². The first-order valence-corrected chi connectivity index (χ1v) is 8.42. The van der Waals surface area contributed by atoms with Gasteiger partial charge in [-0.2, -0.15) is 0 Å². The Balaban J connectivity index is 2.31. The van der Waals surface area contributed by atoms with Crippen LogP contribution in [0.4, 0.5) is 0 Å². The van der Waals surface area contributed by atoms with Crippen molar-refractivity contribution in [3.8, 4) is 11.3 Å². The fourth-order valence-corrected chi connectivity index (χ4v) is 3.46. The molecular weight excluding hydrogens is 322 g/mol. The fourth-order valence-electron chi connectivity index (χ4n) is 3.46. The second kappa shape index (κ2) is 6.11. The van der Waals surface area contributed by atoms with Crippen molar-refractivity contribution in [3.05, 3.63) is 71.2 Å². The summed E-state index contributed by atoms with van der Waals surface area (Å²) >= 11 is 0. The van der Waals surface area contributed by atoms with Gasteiger partial charge >= 0.3 is 0 Å². The third-order valence-corrected chi connectivity index (χ3v) is 4.58. The first-order chi connectivity index (χ1) is 12.6. The maximum absolute atomic E-state index is 7.66. The predicted molar refractivity (Wildman–Crippen MR) is 106 cm³/mol. The van der Waals surface area contributed by atoms with Gasteiger partial charge in [0.2, 0.25) is 5.96 Å². The minimum absolute atomic E-state index is 0.231. The molecule has 0 saturated heterocycles. The van der Waals surface area contributed by atoms with E-state index in [9.17, 15) is 0 Å². The van der Waals surface area contributed by atoms with Gasteiger partial charge in [-0.25, -0.2) is 9.98 Å². The molecule has 0 aliphatic heterocycles. The predicted octanol–water partition coefficient (Wildman–Crippen LogP) is 3.79. The third-order valence-electron chi connectivity index (χ3n) is 4.58. The zero-order valence-corrected chi connectivity index (χ0v) is 14.7. The number of aromatic nitrogens is 2. The van der Waals surface area contributed by atoms with E-state index in [-0.39, 0.29) is 5.96 Å². The van der Waals surface area contributed by atoms with Gasteiger partial charge in [-0.1, -0.05) is 36.4 Å². The number of para-hydroxylation sites is 1. The second-order valence-corrected chi connectivity index (χ2v) is 6.36. The number of fused-ring (bicyclic) bond motifs is 2. The smallest absolute Gasteiger partial charge is 0.213 e. The van der Waals surface area contributed by atoms with Crippen molar-refractivity contribution >= 4 is 27.8 Å². The number of aromatic amines is 1. The summed E-state index contributed by atoms with van der Waals surface area (Å²) in [6.45, 7) is 4.19. The Hall–Kier alpha value is -3.47. The van der Waals surface area contributed by atoms with Crippen LogP contribution in [0.3, 0.4) is 0 Å². The molecule has 0 amide bonds. The van der Waals surface area contributed by atoms with Gasteiger partial charge in [0, 0.05) is 22.5 Å². The van der Waals surface area contributed by atoms with E-state index in [4.69, 9.17) is 16.1 Å². The molecule has 2 heterocycles. The van der Waals surface area contributed by atoms with Crippen molar-refractivity contribution in [1.82, 2.24) is 9.97 Å². The molecule has 0 spiro atoms. The van der Waals surface area contributed by atoms with Gasteiger partial charge in [-0.3, -0.25) is 5.41 Å². The lowest BCUT2D eigenvalue weighted by molar-refractivity contribution is 1.31. The maximum atomic E-state index is 7.66. The average Bonchev–Trinajstić information content (AvgIpc) is 3.04. The molecule has 2 aromatic carbocycles. The summed E-state index contributed by atoms with van der Waals surface area (Å²) in [4.78, 5) is 12.6. The molecule has 0 unspecified atom stereocenters. The van der Waals surface area contributed by atoms with Crippen LogP contribution in [0.25, 0.3) is 33.1 Å². The summed E-state index contributed by atoms with van der Waals surface area (Å²) < 4.78 is 0. The standard InChI is InChI=1S/C21H19N5/c1-12-6-5-7-13(2)17(12)18-15-10-11-24-19(15)20(26-21(22)23)14-8-3-4-9-16(14)25-18/h3-11,24H,1-2H3,(H3,22,23)/b26-20-. The molecule has 2 aromatic heterocycles. The van der Waals surface area contributed by atoms with E-state index in [0.29, 0.717) is 5.36 Å². The van der Waals surface area contributed by atoms with Gasteiger partial charge in [-0.05, 0) is 37.1 Å². The number of hydrogen-bond donors (Lipinski definition) is 3. The number of H-pyrrole nitrogens is 1. The molecule has 128 valence electrons. The van der Waals surface area contributed by atoms with Crippen molar-refractivity contribution in [2.75, 3.05) is 0 Å². The first kappa shape index (κ1) is 16.0. The lowest BCUT2D eigenvalue weighted by Gasteiger charge is -2.08. The molecule has 5 nitrogen and oxygen atoms in total. The first-order valence-electron chi connectivity index (χ1n) is 8.42. The minimum atomic E-state index is -0.231. The Morgan fingerprint density at radius 2 is 1.73 bits per heavy atom. The summed E-state index contributed by atoms with van der Waals surface area (Å²) in [5.74, 6) is -0.231. The Kier molecular flexibility index (Phi) is 3.77. The van der Waals surface area contributed by atoms with Crippen LogP contribution in [-0.4, -0.2) is 15.9 Å². The molecule has 0 atom stereocenters. The van der Waals surface area contributed by atoms with Crippen molar-refractivity contribution in [2.24, 2.45) is 10.7 Å². The summed E-state index contributed by atoms with van der Waals surface area (Å²) in [5, 5.41) is 10.1. The number of guanidine groups is 1. The number of benzene rings is 2. The van der Waals surface area contributed by atoms with Crippen LogP contribution in [0.15, 0.2) is 59.7 Å². The Bertz CT molecular complexity index is 1210. The van der Waals surface area contributed by atoms with Gasteiger partial charge in [0.25, 0.3) is 0 Å². The fraction of sp³-hybridized carbons (Fsp3) is 0.0952. The average molecular weight is 341 g/mol. The molecule has 0 aliphatic carbocycles. The SMILES string of the molecule is Cc1cccc(C)c1-c1nc2ccccc2/c(=N/C(=N)N)c2[nH]ccc12. The summed E-state index contributed by atoms with van der Waals surface area (Å²) in [6, 6.07) is 16.1. The van der Waals surface area contributed by atoms with Gasteiger partial charge in [-0.15, -0.1) is 0 Å². The summed E-state index contributed by atoms with van der Waals surface area (Å²) in [6.07, 6.45) is 1.87. The van der Waals surface area contributed by atoms with Gasteiger partial charge in [0.05, 0.1) is 16.7 Å². The van der Waals surface area contributed by atoms with E-state index >= 15 is 0 Å². The lowest BCUT2D eigenvalue weighted by atomic mass is 9.98. The van der Waals surface area contributed by atoms with E-state index in [0.717, 1.165) is 33.1 Å². The maximum Gasteiger partial charge on any atom is 0.213 e. The van der Waals surface area contributed by atoms with Gasteiger partial charge in [0.1, 0.15) is 5.36 Å². The van der Waals surface area contributed by atoms with E-state index in [1.165, 1.54) is 11.1 Å². The molecule has 5 heteroatoms. The molecule has 0 radical (unpaired) electrons. The Morgan fingerprint density at radius 1 is 1.00 bits per heavy atom. The zero-order chi connectivity index (χ0) is 18.3. The minimum Gasteiger partial charge on any atom is -0.368 e. The molecule has 0 aliphatic rings.